The Morgan fingerprint density at radius 2 is 1.67 bits per heavy atom. The van der Waals surface area contributed by atoms with E-state index in [1.807, 2.05) is 30.6 Å². The lowest BCUT2D eigenvalue weighted by molar-refractivity contribution is -0.139. The molecular weight excluding hydrogens is 430 g/mol. The highest BCUT2D eigenvalue weighted by Crippen LogP contribution is 2.12. The normalized spacial score (nSPS) is 10.1. The first-order valence-electron chi connectivity index (χ1n) is 10.1. The molecule has 0 aliphatic carbocycles. The largest absolute Gasteiger partial charge is 0.468 e. The van der Waals surface area contributed by atoms with Gasteiger partial charge < -0.3 is 14.6 Å². The van der Waals surface area contributed by atoms with Gasteiger partial charge in [-0.2, -0.15) is 0 Å². The highest BCUT2D eigenvalue weighted by atomic mass is 19.1. The van der Waals surface area contributed by atoms with E-state index in [0.29, 0.717) is 6.42 Å². The van der Waals surface area contributed by atoms with Crippen molar-refractivity contribution in [1.29, 1.82) is 0 Å². The van der Waals surface area contributed by atoms with Gasteiger partial charge in [0.2, 0.25) is 0 Å². The van der Waals surface area contributed by atoms with Gasteiger partial charge in [0.1, 0.15) is 23.7 Å². The number of esters is 1. The number of amides is 1. The van der Waals surface area contributed by atoms with Gasteiger partial charge in [-0.15, -0.1) is 0 Å². The first-order chi connectivity index (χ1) is 15.6. The molecule has 1 aromatic heterocycles. The van der Waals surface area contributed by atoms with Crippen molar-refractivity contribution in [1.82, 2.24) is 9.88 Å². The van der Waals surface area contributed by atoms with E-state index in [1.165, 1.54) is 11.1 Å². The lowest BCUT2D eigenvalue weighted by Crippen LogP contribution is -2.31. The molecular formula is C25H26F2N2O4. The van der Waals surface area contributed by atoms with E-state index in [-0.39, 0.29) is 5.56 Å². The first-order valence-corrected chi connectivity index (χ1v) is 10.1. The fourth-order valence-corrected chi connectivity index (χ4v) is 3.04. The second-order valence-corrected chi connectivity index (χ2v) is 7.41. The molecule has 1 amide bonds. The molecule has 8 heteroatoms. The van der Waals surface area contributed by atoms with Crippen molar-refractivity contribution in [2.75, 3.05) is 13.7 Å². The molecule has 0 bridgehead atoms. The lowest BCUT2D eigenvalue weighted by Gasteiger charge is -2.08. The number of halogens is 2. The fourth-order valence-electron chi connectivity index (χ4n) is 3.04. The summed E-state index contributed by atoms with van der Waals surface area (Å²) < 4.78 is 32.1. The van der Waals surface area contributed by atoms with Crippen LogP contribution in [0, 0.1) is 25.5 Å². The van der Waals surface area contributed by atoms with Gasteiger partial charge in [-0.3, -0.25) is 14.4 Å². The maximum atomic E-state index is 13.1. The summed E-state index contributed by atoms with van der Waals surface area (Å²) in [6.45, 7) is 3.62. The molecule has 1 N–H and O–H groups in total. The molecule has 0 aliphatic rings. The Morgan fingerprint density at radius 3 is 2.27 bits per heavy atom. The van der Waals surface area contributed by atoms with Crippen molar-refractivity contribution in [3.63, 3.8) is 0 Å². The number of hydrogen-bond acceptors (Lipinski definition) is 4. The van der Waals surface area contributed by atoms with Crippen LogP contribution < -0.4 is 10.9 Å². The van der Waals surface area contributed by atoms with E-state index in [0.717, 1.165) is 36.4 Å². The van der Waals surface area contributed by atoms with Crippen LogP contribution in [0.25, 0.3) is 0 Å². The zero-order valence-corrected chi connectivity index (χ0v) is 18.9. The predicted molar refractivity (Wildman–Crippen MR) is 121 cm³/mol. The van der Waals surface area contributed by atoms with Crippen LogP contribution in [0.3, 0.4) is 0 Å². The zero-order chi connectivity index (χ0) is 24.5. The standard InChI is InChI=1S/C15H17NO.C10H9F2NO3/c1-11-5-4-6-13(9-11)10-14-12(2)7-8-16(3)15(14)17;1-16-8(14)5-13-10(15)9-6(11)3-2-4-7(9)12/h4-9H,10H2,1-3H3;2-4H,5H2,1H3,(H,13,15). The number of methoxy groups -OCH3 is 1. The molecule has 0 saturated heterocycles. The van der Waals surface area contributed by atoms with E-state index in [2.05, 4.69) is 29.9 Å². The van der Waals surface area contributed by atoms with Crippen molar-refractivity contribution in [2.24, 2.45) is 7.05 Å². The Balaban J connectivity index is 0.000000234. The van der Waals surface area contributed by atoms with Gasteiger partial charge in [-0.05, 0) is 43.2 Å². The number of aromatic nitrogens is 1. The Bertz CT molecular complexity index is 1190. The number of rotatable bonds is 5. The highest BCUT2D eigenvalue weighted by Gasteiger charge is 2.17. The van der Waals surface area contributed by atoms with Gasteiger partial charge >= 0.3 is 5.97 Å². The number of pyridine rings is 1. The third-order valence-corrected chi connectivity index (χ3v) is 4.88. The molecule has 6 nitrogen and oxygen atoms in total. The van der Waals surface area contributed by atoms with Crippen LogP contribution in [0.15, 0.2) is 59.5 Å². The predicted octanol–water partition coefficient (Wildman–Crippen LogP) is 3.46. The van der Waals surface area contributed by atoms with E-state index in [9.17, 15) is 23.2 Å². The van der Waals surface area contributed by atoms with Gasteiger partial charge in [0, 0.05) is 25.2 Å². The van der Waals surface area contributed by atoms with Crippen LogP contribution in [0.2, 0.25) is 0 Å². The Labute approximate surface area is 190 Å². The molecule has 0 saturated carbocycles. The van der Waals surface area contributed by atoms with Crippen LogP contribution in [-0.4, -0.2) is 30.1 Å². The van der Waals surface area contributed by atoms with Crippen LogP contribution in [0.1, 0.15) is 32.6 Å². The number of nitrogens with one attached hydrogen (secondary N) is 1. The van der Waals surface area contributed by atoms with Crippen molar-refractivity contribution in [2.45, 2.75) is 20.3 Å². The third kappa shape index (κ3) is 7.10. The summed E-state index contributed by atoms with van der Waals surface area (Å²) in [6.07, 6.45) is 2.53. The average molecular weight is 456 g/mol. The monoisotopic (exact) mass is 456 g/mol. The van der Waals surface area contributed by atoms with Gasteiger partial charge in [-0.25, -0.2) is 8.78 Å². The van der Waals surface area contributed by atoms with E-state index in [4.69, 9.17) is 0 Å². The van der Waals surface area contributed by atoms with Gasteiger partial charge in [0.15, 0.2) is 0 Å². The maximum Gasteiger partial charge on any atom is 0.325 e. The molecule has 33 heavy (non-hydrogen) atoms. The van der Waals surface area contributed by atoms with E-state index < -0.39 is 35.6 Å². The van der Waals surface area contributed by atoms with Gasteiger partial charge in [0.25, 0.3) is 11.5 Å². The fraction of sp³-hybridized carbons (Fsp3) is 0.240. The molecule has 1 heterocycles. The van der Waals surface area contributed by atoms with Crippen LogP contribution in [-0.2, 0) is 23.0 Å². The number of benzene rings is 2. The molecule has 3 aromatic rings. The van der Waals surface area contributed by atoms with Gasteiger partial charge in [-0.1, -0.05) is 35.9 Å². The van der Waals surface area contributed by atoms with Gasteiger partial charge in [0.05, 0.1) is 7.11 Å². The molecule has 2 aromatic carbocycles. The average Bonchev–Trinajstić information content (AvgIpc) is 2.78. The molecule has 3 rings (SSSR count). The maximum absolute atomic E-state index is 13.1. The van der Waals surface area contributed by atoms with Crippen molar-refractivity contribution in [3.8, 4) is 0 Å². The number of carbonyl (C=O) groups excluding carboxylic acids is 2. The number of aryl methyl sites for hydroxylation is 3. The molecule has 0 radical (unpaired) electrons. The minimum absolute atomic E-state index is 0.103. The second kappa shape index (κ2) is 11.7. The third-order valence-electron chi connectivity index (χ3n) is 4.88. The quantitative estimate of drug-likeness (QED) is 0.597. The molecule has 0 unspecified atom stereocenters. The Morgan fingerprint density at radius 1 is 1.03 bits per heavy atom. The molecule has 0 fully saturated rings. The Hall–Kier alpha value is -3.81. The Kier molecular flexibility index (Phi) is 9.03. The zero-order valence-electron chi connectivity index (χ0n) is 18.9. The van der Waals surface area contributed by atoms with Crippen molar-refractivity contribution < 1.29 is 23.1 Å². The lowest BCUT2D eigenvalue weighted by atomic mass is 10.0. The summed E-state index contributed by atoms with van der Waals surface area (Å²) >= 11 is 0. The first kappa shape index (κ1) is 25.5. The molecule has 0 aliphatic heterocycles. The summed E-state index contributed by atoms with van der Waals surface area (Å²) in [5.41, 5.74) is 3.76. The van der Waals surface area contributed by atoms with Crippen molar-refractivity contribution in [3.05, 3.63) is 105 Å². The van der Waals surface area contributed by atoms with E-state index in [1.54, 1.807) is 11.6 Å². The molecule has 0 spiro atoms. The van der Waals surface area contributed by atoms with Crippen LogP contribution in [0.4, 0.5) is 8.78 Å². The minimum atomic E-state index is -0.999. The highest BCUT2D eigenvalue weighted by molar-refractivity contribution is 5.96. The topological polar surface area (TPSA) is 77.4 Å². The van der Waals surface area contributed by atoms with Crippen LogP contribution >= 0.6 is 0 Å². The summed E-state index contributed by atoms with van der Waals surface area (Å²) in [4.78, 5) is 34.0. The SMILES string of the molecule is COC(=O)CNC(=O)c1c(F)cccc1F.Cc1cccc(Cc2c(C)ccn(C)c2=O)c1. The smallest absolute Gasteiger partial charge is 0.325 e. The number of ether oxygens (including phenoxy) is 1. The summed E-state index contributed by atoms with van der Waals surface area (Å²) in [5, 5.41) is 2.04. The number of carbonyl (C=O) groups is 2. The summed E-state index contributed by atoms with van der Waals surface area (Å²) in [7, 11) is 2.93. The summed E-state index contributed by atoms with van der Waals surface area (Å²) in [5.74, 6) is -3.67. The minimum Gasteiger partial charge on any atom is -0.468 e. The van der Waals surface area contributed by atoms with Crippen LogP contribution in [0.5, 0.6) is 0 Å². The number of nitrogens with zero attached hydrogens (tertiary/aromatic N) is 1. The summed E-state index contributed by atoms with van der Waals surface area (Å²) in [6, 6.07) is 13.3. The second-order valence-electron chi connectivity index (χ2n) is 7.41. The number of hydrogen-bond donors (Lipinski definition) is 1. The molecule has 174 valence electrons. The van der Waals surface area contributed by atoms with Crippen molar-refractivity contribution >= 4 is 11.9 Å². The molecule has 0 atom stereocenters. The van der Waals surface area contributed by atoms with E-state index >= 15 is 0 Å².